The van der Waals surface area contributed by atoms with Crippen molar-refractivity contribution < 1.29 is 33.0 Å². The molecule has 238 valence electrons. The second-order valence-electron chi connectivity index (χ2n) is 11.8. The van der Waals surface area contributed by atoms with Gasteiger partial charge in [0.25, 0.3) is 0 Å². The van der Waals surface area contributed by atoms with Crippen LogP contribution in [0.5, 0.6) is 5.75 Å². The van der Waals surface area contributed by atoms with Crippen molar-refractivity contribution in [1.82, 2.24) is 9.88 Å². The molecule has 3 aromatic carbocycles. The molecule has 45 heavy (non-hydrogen) atoms. The number of carbonyl (C=O) groups excluding carboxylic acids is 2. The molecule has 5 rings (SSSR count). The van der Waals surface area contributed by atoms with Gasteiger partial charge in [0.2, 0.25) is 11.8 Å². The molecule has 1 fully saturated rings. The number of carbonyl (C=O) groups is 2. The quantitative estimate of drug-likeness (QED) is 0.196. The number of likely N-dealkylation sites (tertiary alicyclic amines) is 1. The number of aryl methyl sites for hydroxylation is 1. The molecule has 2 heterocycles. The van der Waals surface area contributed by atoms with E-state index in [9.17, 15) is 9.59 Å². The van der Waals surface area contributed by atoms with Crippen LogP contribution in [0.3, 0.4) is 0 Å². The highest BCUT2D eigenvalue weighted by molar-refractivity contribution is 5.92. The van der Waals surface area contributed by atoms with Crippen LogP contribution < -0.4 is 15.8 Å². The van der Waals surface area contributed by atoms with Gasteiger partial charge >= 0.3 is 6.09 Å². The number of oxazole rings is 1. The van der Waals surface area contributed by atoms with Crippen LogP contribution >= 0.6 is 0 Å². The summed E-state index contributed by atoms with van der Waals surface area (Å²) in [5.74, 6) is 1.01. The molecule has 0 aliphatic carbocycles. The molecule has 0 atom stereocenters. The van der Waals surface area contributed by atoms with Gasteiger partial charge in [-0.2, -0.15) is 0 Å². The van der Waals surface area contributed by atoms with E-state index in [1.54, 1.807) is 30.2 Å². The lowest BCUT2D eigenvalue weighted by atomic mass is 10.1. The molecule has 1 aliphatic heterocycles. The van der Waals surface area contributed by atoms with Crippen molar-refractivity contribution in [3.8, 4) is 17.2 Å². The van der Waals surface area contributed by atoms with E-state index < -0.39 is 5.60 Å². The van der Waals surface area contributed by atoms with Gasteiger partial charge in [0.05, 0.1) is 26.4 Å². The maximum atomic E-state index is 12.8. The Morgan fingerprint density at radius 1 is 1.07 bits per heavy atom. The Morgan fingerprint density at radius 3 is 2.47 bits per heavy atom. The zero-order valence-electron chi connectivity index (χ0n) is 26.1. The summed E-state index contributed by atoms with van der Waals surface area (Å²) in [7, 11) is 1.63. The zero-order chi connectivity index (χ0) is 32.0. The van der Waals surface area contributed by atoms with Gasteiger partial charge in [-0.25, -0.2) is 9.78 Å². The van der Waals surface area contributed by atoms with Crippen LogP contribution in [0.2, 0.25) is 0 Å². The third kappa shape index (κ3) is 8.52. The van der Waals surface area contributed by atoms with Crippen LogP contribution in [0.1, 0.15) is 37.8 Å². The van der Waals surface area contributed by atoms with Gasteiger partial charge in [-0.05, 0) is 93.3 Å². The van der Waals surface area contributed by atoms with E-state index in [1.807, 2.05) is 63.2 Å². The monoisotopic (exact) mass is 616 g/mol. The molecule has 0 spiro atoms. The average Bonchev–Trinajstić information content (AvgIpc) is 3.45. The Bertz CT molecular complexity index is 1610. The normalized spacial score (nSPS) is 14.0. The number of hydrogen-bond donors (Lipinski definition) is 2. The summed E-state index contributed by atoms with van der Waals surface area (Å²) >= 11 is 0. The van der Waals surface area contributed by atoms with Crippen molar-refractivity contribution in [2.24, 2.45) is 0 Å². The third-order valence-electron chi connectivity index (χ3n) is 7.51. The van der Waals surface area contributed by atoms with Gasteiger partial charge in [0, 0.05) is 30.0 Å². The van der Waals surface area contributed by atoms with Crippen molar-refractivity contribution in [2.75, 3.05) is 44.5 Å². The van der Waals surface area contributed by atoms with Crippen LogP contribution in [0.15, 0.2) is 65.1 Å². The third-order valence-corrected chi connectivity index (χ3v) is 7.51. The minimum Gasteiger partial charge on any atom is -0.497 e. The molecule has 0 saturated carbocycles. The molecule has 1 saturated heterocycles. The molecule has 2 amide bonds. The number of nitrogen functional groups attached to an aromatic ring is 1. The highest BCUT2D eigenvalue weighted by atomic mass is 16.6. The number of piperidine rings is 1. The summed E-state index contributed by atoms with van der Waals surface area (Å²) in [6, 6.07) is 18.5. The number of ether oxygens (including phenoxy) is 4. The van der Waals surface area contributed by atoms with Gasteiger partial charge in [0.1, 0.15) is 23.5 Å². The maximum absolute atomic E-state index is 12.8. The molecule has 0 radical (unpaired) electrons. The highest BCUT2D eigenvalue weighted by Gasteiger charge is 2.30. The lowest BCUT2D eigenvalue weighted by Gasteiger charge is -2.34. The molecule has 3 N–H and O–H groups in total. The predicted octanol–water partition coefficient (Wildman–Crippen LogP) is 5.95. The van der Waals surface area contributed by atoms with E-state index in [0.29, 0.717) is 60.9 Å². The number of aromatic nitrogens is 1. The lowest BCUT2D eigenvalue weighted by molar-refractivity contribution is -0.123. The molecule has 1 aliphatic rings. The van der Waals surface area contributed by atoms with Crippen LogP contribution in [-0.2, 0) is 25.6 Å². The van der Waals surface area contributed by atoms with Crippen molar-refractivity contribution >= 4 is 34.5 Å². The SMILES string of the molecule is COc1ccc(COCC(C)(C)OC(=O)N2CCC(OCC(=O)Nc3ccc(-c4nc5cc(N)cc(C)c5o4)cc3)CC2)cc1. The Kier molecular flexibility index (Phi) is 9.90. The van der Waals surface area contributed by atoms with E-state index >= 15 is 0 Å². The van der Waals surface area contributed by atoms with Gasteiger partial charge < -0.3 is 39.3 Å². The minimum atomic E-state index is -0.788. The summed E-state index contributed by atoms with van der Waals surface area (Å²) in [6.45, 7) is 7.13. The number of amides is 2. The zero-order valence-corrected chi connectivity index (χ0v) is 26.1. The van der Waals surface area contributed by atoms with Crippen molar-refractivity contribution in [2.45, 2.75) is 51.9 Å². The van der Waals surface area contributed by atoms with Gasteiger partial charge in [-0.15, -0.1) is 0 Å². The molecule has 11 heteroatoms. The van der Waals surface area contributed by atoms with Crippen molar-refractivity contribution in [1.29, 1.82) is 0 Å². The first kappa shape index (κ1) is 31.8. The van der Waals surface area contributed by atoms with Gasteiger partial charge in [-0.1, -0.05) is 12.1 Å². The fraction of sp³-hybridized carbons (Fsp3) is 0.382. The smallest absolute Gasteiger partial charge is 0.410 e. The summed E-state index contributed by atoms with van der Waals surface area (Å²) in [5, 5.41) is 2.85. The van der Waals surface area contributed by atoms with Gasteiger partial charge in [0.15, 0.2) is 5.58 Å². The fourth-order valence-electron chi connectivity index (χ4n) is 5.11. The number of fused-ring (bicyclic) bond motifs is 1. The molecule has 4 aromatic rings. The summed E-state index contributed by atoms with van der Waals surface area (Å²) in [5.41, 5.74) is 10.5. The number of anilines is 2. The molecule has 0 bridgehead atoms. The first-order valence-corrected chi connectivity index (χ1v) is 15.0. The van der Waals surface area contributed by atoms with E-state index in [0.717, 1.165) is 22.4 Å². The second-order valence-corrected chi connectivity index (χ2v) is 11.8. The first-order valence-electron chi connectivity index (χ1n) is 15.0. The number of rotatable bonds is 11. The molecular formula is C34H40N4O7. The largest absolute Gasteiger partial charge is 0.497 e. The summed E-state index contributed by atoms with van der Waals surface area (Å²) in [6.07, 6.45) is 0.715. The van der Waals surface area contributed by atoms with Crippen molar-refractivity contribution in [3.63, 3.8) is 0 Å². The van der Waals surface area contributed by atoms with Crippen LogP contribution in [0.4, 0.5) is 16.2 Å². The number of nitrogens with zero attached hydrogens (tertiary/aromatic N) is 2. The number of benzene rings is 3. The summed E-state index contributed by atoms with van der Waals surface area (Å²) < 4.78 is 28.5. The lowest BCUT2D eigenvalue weighted by Crippen LogP contribution is -2.45. The highest BCUT2D eigenvalue weighted by Crippen LogP contribution is 2.29. The minimum absolute atomic E-state index is 0.0821. The Morgan fingerprint density at radius 2 is 1.78 bits per heavy atom. The number of nitrogens with two attached hydrogens (primary N) is 1. The molecule has 11 nitrogen and oxygen atoms in total. The Labute approximate surface area is 262 Å². The number of methoxy groups -OCH3 is 1. The topological polar surface area (TPSA) is 138 Å². The van der Waals surface area contributed by atoms with Crippen LogP contribution in [-0.4, -0.2) is 67.0 Å². The maximum Gasteiger partial charge on any atom is 0.410 e. The second kappa shape index (κ2) is 14.0. The number of hydrogen-bond acceptors (Lipinski definition) is 9. The number of nitrogens with one attached hydrogen (secondary N) is 1. The van der Waals surface area contributed by atoms with Crippen LogP contribution in [0, 0.1) is 6.92 Å². The van der Waals surface area contributed by atoms with E-state index in [2.05, 4.69) is 10.3 Å². The summed E-state index contributed by atoms with van der Waals surface area (Å²) in [4.78, 5) is 31.6. The van der Waals surface area contributed by atoms with Crippen LogP contribution in [0.25, 0.3) is 22.6 Å². The predicted molar refractivity (Wildman–Crippen MR) is 171 cm³/mol. The van der Waals surface area contributed by atoms with E-state index in [1.165, 1.54) is 0 Å². The van der Waals surface area contributed by atoms with E-state index in [-0.39, 0.29) is 31.3 Å². The first-order chi connectivity index (χ1) is 21.6. The van der Waals surface area contributed by atoms with Crippen molar-refractivity contribution in [3.05, 3.63) is 71.8 Å². The van der Waals surface area contributed by atoms with Gasteiger partial charge in [-0.3, -0.25) is 4.79 Å². The molecule has 0 unspecified atom stereocenters. The Hall–Kier alpha value is -4.61. The molecular weight excluding hydrogens is 576 g/mol. The fourth-order valence-corrected chi connectivity index (χ4v) is 5.11. The average molecular weight is 617 g/mol. The van der Waals surface area contributed by atoms with E-state index in [4.69, 9.17) is 29.1 Å². The Balaban J connectivity index is 1.01. The molecule has 1 aromatic heterocycles. The standard InChI is InChI=1S/C34H40N4O7/c1-22-17-25(35)18-29-31(22)44-32(37-29)24-7-9-26(10-8-24)36-30(39)20-43-28-13-15-38(16-14-28)33(40)45-34(2,3)21-42-19-23-5-11-27(41-4)12-6-23/h5-12,17-18,28H,13-16,19-21,35H2,1-4H3,(H,36,39).